The number of hydrogen-bond acceptors (Lipinski definition) is 7. The fourth-order valence-electron chi connectivity index (χ4n) is 7.12. The maximum atomic E-state index is 10.1. The van der Waals surface area contributed by atoms with E-state index in [1.165, 1.54) is 79.3 Å². The summed E-state index contributed by atoms with van der Waals surface area (Å²) >= 11 is 6.84. The van der Waals surface area contributed by atoms with E-state index in [0.717, 1.165) is 36.1 Å². The lowest BCUT2D eigenvalue weighted by molar-refractivity contribution is 0.174. The highest BCUT2D eigenvalue weighted by Crippen LogP contribution is 2.36. The molecule has 1 aromatic heterocycles. The van der Waals surface area contributed by atoms with Crippen LogP contribution in [0.4, 0.5) is 0 Å². The molecular weight excluding hydrogens is 632 g/mol. The first-order valence-electron chi connectivity index (χ1n) is 17.6. The number of aromatic nitrogens is 1. The summed E-state index contributed by atoms with van der Waals surface area (Å²) in [6.07, 6.45) is 9.93. The standard InChI is InChI=1S/C41H47ClN4O3/c1-29-33(9-3-4-15-45-16-5-6-17-45)10-7-12-37(29)38-13-8-11-34(30(38)2)28-49-41-21-40(48-27-32-19-31(22-43)23-44-24-32)35(20-39(41)42)25-46-18-14-36(47)26-46/h7-8,10-13,19-21,23-24,36,47H,3-6,9,14-18,25-28H2,1-2H3. The van der Waals surface area contributed by atoms with E-state index < -0.39 is 0 Å². The number of aryl methyl sites for hydroxylation is 1. The molecular formula is C41H47ClN4O3. The number of β-amino-alcohol motifs (C(OH)–C–C–N with tert-alkyl or cyclic N) is 1. The predicted octanol–water partition coefficient (Wildman–Crippen LogP) is 8.03. The van der Waals surface area contributed by atoms with E-state index in [1.807, 2.05) is 12.1 Å². The van der Waals surface area contributed by atoms with Crippen molar-refractivity contribution in [1.29, 1.82) is 5.26 Å². The molecule has 1 unspecified atom stereocenters. The summed E-state index contributed by atoms with van der Waals surface area (Å²) in [5, 5.41) is 19.9. The van der Waals surface area contributed by atoms with Gasteiger partial charge in [-0.3, -0.25) is 9.88 Å². The number of nitrogens with zero attached hydrogens (tertiary/aromatic N) is 4. The van der Waals surface area contributed by atoms with E-state index in [1.54, 1.807) is 12.3 Å². The molecule has 1 atom stereocenters. The number of aliphatic hydroxyl groups excluding tert-OH is 1. The van der Waals surface area contributed by atoms with Crippen LogP contribution >= 0.6 is 11.6 Å². The molecule has 3 heterocycles. The molecule has 7 nitrogen and oxygen atoms in total. The predicted molar refractivity (Wildman–Crippen MR) is 195 cm³/mol. The number of ether oxygens (including phenoxy) is 2. The minimum atomic E-state index is -0.322. The summed E-state index contributed by atoms with van der Waals surface area (Å²) in [5.41, 5.74) is 9.78. The van der Waals surface area contributed by atoms with Crippen LogP contribution in [0, 0.1) is 25.2 Å². The molecule has 2 saturated heterocycles. The van der Waals surface area contributed by atoms with Gasteiger partial charge in [-0.1, -0.05) is 48.0 Å². The van der Waals surface area contributed by atoms with Crippen molar-refractivity contribution in [2.75, 3.05) is 32.7 Å². The zero-order chi connectivity index (χ0) is 34.2. The van der Waals surface area contributed by atoms with E-state index in [4.69, 9.17) is 21.1 Å². The van der Waals surface area contributed by atoms with Crippen molar-refractivity contribution in [2.45, 2.75) is 78.2 Å². The van der Waals surface area contributed by atoms with Crippen LogP contribution in [-0.2, 0) is 26.2 Å². The summed E-state index contributed by atoms with van der Waals surface area (Å²) in [7, 11) is 0. The minimum Gasteiger partial charge on any atom is -0.488 e. The van der Waals surface area contributed by atoms with E-state index >= 15 is 0 Å². The highest BCUT2D eigenvalue weighted by atomic mass is 35.5. The molecule has 2 fully saturated rings. The number of likely N-dealkylation sites (tertiary alicyclic amines) is 2. The molecule has 2 aliphatic heterocycles. The van der Waals surface area contributed by atoms with Gasteiger partial charge in [-0.25, -0.2) is 0 Å². The van der Waals surface area contributed by atoms with Crippen molar-refractivity contribution >= 4 is 11.6 Å². The molecule has 0 bridgehead atoms. The van der Waals surface area contributed by atoms with Gasteiger partial charge in [-0.05, 0) is 118 Å². The highest BCUT2D eigenvalue weighted by molar-refractivity contribution is 6.32. The van der Waals surface area contributed by atoms with Gasteiger partial charge in [0.05, 0.1) is 16.7 Å². The van der Waals surface area contributed by atoms with E-state index in [2.05, 4.69) is 71.1 Å². The molecule has 49 heavy (non-hydrogen) atoms. The van der Waals surface area contributed by atoms with Gasteiger partial charge in [-0.15, -0.1) is 0 Å². The topological polar surface area (TPSA) is 81.9 Å². The minimum absolute atomic E-state index is 0.247. The van der Waals surface area contributed by atoms with Crippen LogP contribution in [0.2, 0.25) is 5.02 Å². The Balaban J connectivity index is 1.17. The Morgan fingerprint density at radius 3 is 2.33 bits per heavy atom. The lowest BCUT2D eigenvalue weighted by atomic mass is 9.90. The van der Waals surface area contributed by atoms with Gasteiger partial charge < -0.3 is 19.5 Å². The maximum absolute atomic E-state index is 10.1. The zero-order valence-electron chi connectivity index (χ0n) is 28.8. The summed E-state index contributed by atoms with van der Waals surface area (Å²) in [5.74, 6) is 1.20. The number of halogens is 1. The first kappa shape index (κ1) is 34.9. The third-order valence-corrected chi connectivity index (χ3v) is 10.3. The van der Waals surface area contributed by atoms with E-state index in [9.17, 15) is 10.4 Å². The first-order chi connectivity index (χ1) is 23.9. The third kappa shape index (κ3) is 9.00. The molecule has 0 aliphatic carbocycles. The molecule has 3 aromatic carbocycles. The number of hydrogen-bond donors (Lipinski definition) is 1. The summed E-state index contributed by atoms with van der Waals surface area (Å²) in [6, 6.07) is 20.8. The van der Waals surface area contributed by atoms with Gasteiger partial charge in [-0.2, -0.15) is 5.26 Å². The summed E-state index contributed by atoms with van der Waals surface area (Å²) in [6.45, 7) is 10.8. The summed E-state index contributed by atoms with van der Waals surface area (Å²) < 4.78 is 12.7. The molecule has 0 amide bonds. The SMILES string of the molecule is Cc1c(CCCCN2CCCC2)cccc1-c1cccc(COc2cc(OCc3cncc(C#N)c3)c(CN3CCC(O)C3)cc2Cl)c1C. The van der Waals surface area contributed by atoms with Crippen molar-refractivity contribution in [1.82, 2.24) is 14.8 Å². The quantitative estimate of drug-likeness (QED) is 0.135. The van der Waals surface area contributed by atoms with Crippen LogP contribution in [0.5, 0.6) is 11.5 Å². The second-order valence-corrected chi connectivity index (χ2v) is 13.9. The molecule has 1 N–H and O–H groups in total. The smallest absolute Gasteiger partial charge is 0.142 e. The number of pyridine rings is 1. The van der Waals surface area contributed by atoms with Crippen LogP contribution in [-0.4, -0.2) is 58.7 Å². The van der Waals surface area contributed by atoms with E-state index in [-0.39, 0.29) is 12.7 Å². The highest BCUT2D eigenvalue weighted by Gasteiger charge is 2.23. The number of nitriles is 1. The van der Waals surface area contributed by atoms with Crippen molar-refractivity contribution in [3.05, 3.63) is 111 Å². The van der Waals surface area contributed by atoms with Crippen molar-refractivity contribution in [3.63, 3.8) is 0 Å². The van der Waals surface area contributed by atoms with Crippen molar-refractivity contribution in [2.24, 2.45) is 0 Å². The first-order valence-corrected chi connectivity index (χ1v) is 18.0. The number of aliphatic hydroxyl groups is 1. The van der Waals surface area contributed by atoms with Crippen LogP contribution in [0.3, 0.4) is 0 Å². The van der Waals surface area contributed by atoms with Gasteiger partial charge >= 0.3 is 0 Å². The van der Waals surface area contributed by atoms with Crippen LogP contribution in [0.25, 0.3) is 11.1 Å². The van der Waals surface area contributed by atoms with Crippen LogP contribution in [0.15, 0.2) is 67.0 Å². The van der Waals surface area contributed by atoms with Gasteiger partial charge in [0.25, 0.3) is 0 Å². The van der Waals surface area contributed by atoms with Crippen LogP contribution in [0.1, 0.15) is 71.0 Å². The van der Waals surface area contributed by atoms with Gasteiger partial charge in [0.15, 0.2) is 0 Å². The van der Waals surface area contributed by atoms with Gasteiger partial charge in [0.1, 0.15) is 30.8 Å². The maximum Gasteiger partial charge on any atom is 0.142 e. The molecule has 0 saturated carbocycles. The van der Waals surface area contributed by atoms with Crippen LogP contribution < -0.4 is 9.47 Å². The Morgan fingerprint density at radius 1 is 0.857 bits per heavy atom. The average molecular weight is 679 g/mol. The molecule has 0 radical (unpaired) electrons. The molecule has 8 heteroatoms. The van der Waals surface area contributed by atoms with Gasteiger partial charge in [0.2, 0.25) is 0 Å². The lowest BCUT2D eigenvalue weighted by Gasteiger charge is -2.20. The summed E-state index contributed by atoms with van der Waals surface area (Å²) in [4.78, 5) is 8.97. The Labute approximate surface area is 296 Å². The monoisotopic (exact) mass is 678 g/mol. The molecule has 256 valence electrons. The number of benzene rings is 3. The normalized spacial score (nSPS) is 16.6. The second kappa shape index (κ2) is 16.7. The fraction of sp³-hybridized carbons (Fsp3) is 0.415. The Bertz CT molecular complexity index is 1780. The number of rotatable bonds is 14. The molecule has 4 aromatic rings. The average Bonchev–Trinajstić information content (AvgIpc) is 3.79. The lowest BCUT2D eigenvalue weighted by Crippen LogP contribution is -2.22. The molecule has 0 spiro atoms. The van der Waals surface area contributed by atoms with Crippen molar-refractivity contribution < 1.29 is 14.6 Å². The molecule has 6 rings (SSSR count). The van der Waals surface area contributed by atoms with Gasteiger partial charge in [0, 0.05) is 49.2 Å². The third-order valence-electron chi connectivity index (χ3n) is 10.0. The number of unbranched alkanes of at least 4 members (excludes halogenated alkanes) is 1. The Hall–Kier alpha value is -3.93. The fourth-order valence-corrected chi connectivity index (χ4v) is 7.36. The van der Waals surface area contributed by atoms with E-state index in [0.29, 0.717) is 41.8 Å². The van der Waals surface area contributed by atoms with Crippen molar-refractivity contribution in [3.8, 4) is 28.7 Å². The zero-order valence-corrected chi connectivity index (χ0v) is 29.5. The Morgan fingerprint density at radius 2 is 1.59 bits per heavy atom. The molecule has 2 aliphatic rings. The Kier molecular flexibility index (Phi) is 11.9. The second-order valence-electron chi connectivity index (χ2n) is 13.5. The largest absolute Gasteiger partial charge is 0.488 e.